The molecule has 0 heterocycles. The molecule has 0 bridgehead atoms. The van der Waals surface area contributed by atoms with Crippen molar-refractivity contribution in [2.75, 3.05) is 7.11 Å². The van der Waals surface area contributed by atoms with Crippen molar-refractivity contribution in [2.24, 2.45) is 23.2 Å². The zero-order chi connectivity index (χ0) is 32.5. The third-order valence-corrected chi connectivity index (χ3v) is 9.18. The van der Waals surface area contributed by atoms with Crippen LogP contribution in [0.4, 0.5) is 0 Å². The molecule has 2 N–H and O–H groups in total. The van der Waals surface area contributed by atoms with E-state index in [0.29, 0.717) is 18.3 Å². The summed E-state index contributed by atoms with van der Waals surface area (Å²) in [5, 5.41) is 19.8. The van der Waals surface area contributed by atoms with E-state index in [1.807, 2.05) is 54.5 Å². The minimum atomic E-state index is -0.201. The van der Waals surface area contributed by atoms with Crippen molar-refractivity contribution in [2.45, 2.75) is 164 Å². The first kappa shape index (κ1) is 40.4. The molecule has 42 heavy (non-hydrogen) atoms. The van der Waals surface area contributed by atoms with E-state index < -0.39 is 0 Å². The molecule has 2 fully saturated rings. The fourth-order valence-electron chi connectivity index (χ4n) is 6.35. The Kier molecular flexibility index (Phi) is 19.6. The summed E-state index contributed by atoms with van der Waals surface area (Å²) in [4.78, 5) is 10.8. The smallest absolute Gasteiger partial charge is 0.298 e. The van der Waals surface area contributed by atoms with Crippen LogP contribution in [0, 0.1) is 23.2 Å². The number of rotatable bonds is 8. The normalized spacial score (nSPS) is 24.6. The van der Waals surface area contributed by atoms with Crippen molar-refractivity contribution in [3.05, 3.63) is 23.3 Å². The summed E-state index contributed by atoms with van der Waals surface area (Å²) in [7, 11) is 1.78. The number of aliphatic hydroxyl groups excluding tert-OH is 1. The number of aromatic hydroxyl groups is 1. The third kappa shape index (κ3) is 11.8. The van der Waals surface area contributed by atoms with Gasteiger partial charge in [-0.3, -0.25) is 4.79 Å². The van der Waals surface area contributed by atoms with Crippen LogP contribution in [0.25, 0.3) is 0 Å². The second-order valence-corrected chi connectivity index (χ2v) is 13.1. The monoisotopic (exact) mass is 593 g/mol. The lowest BCUT2D eigenvalue weighted by molar-refractivity contribution is -0.120. The van der Waals surface area contributed by atoms with Crippen LogP contribution in [0.3, 0.4) is 0 Å². The van der Waals surface area contributed by atoms with Crippen LogP contribution >= 0.6 is 0 Å². The van der Waals surface area contributed by atoms with Gasteiger partial charge in [-0.05, 0) is 73.8 Å². The zero-order valence-corrected chi connectivity index (χ0v) is 29.5. The summed E-state index contributed by atoms with van der Waals surface area (Å²) in [6.07, 6.45) is 13.6. The Morgan fingerprint density at radius 3 is 2.10 bits per heavy atom. The van der Waals surface area contributed by atoms with Gasteiger partial charge >= 0.3 is 0 Å². The Hall–Kier alpha value is -1.59. The Morgan fingerprint density at radius 1 is 1.05 bits per heavy atom. The molecule has 2 saturated carbocycles. The Morgan fingerprint density at radius 2 is 1.64 bits per heavy atom. The van der Waals surface area contributed by atoms with Gasteiger partial charge in [0.15, 0.2) is 11.5 Å². The predicted molar refractivity (Wildman–Crippen MR) is 178 cm³/mol. The van der Waals surface area contributed by atoms with Crippen LogP contribution in [-0.4, -0.2) is 36.0 Å². The van der Waals surface area contributed by atoms with Crippen LogP contribution in [0.1, 0.15) is 151 Å². The zero-order valence-electron chi connectivity index (χ0n) is 29.5. The number of benzene rings is 1. The van der Waals surface area contributed by atoms with Gasteiger partial charge in [-0.1, -0.05) is 114 Å². The minimum Gasteiger partial charge on any atom is -0.504 e. The fourth-order valence-corrected chi connectivity index (χ4v) is 6.35. The average molecular weight is 593 g/mol. The summed E-state index contributed by atoms with van der Waals surface area (Å²) in [5.74, 6) is 2.70. The van der Waals surface area contributed by atoms with Crippen molar-refractivity contribution in [3.63, 3.8) is 0 Å². The summed E-state index contributed by atoms with van der Waals surface area (Å²) >= 11 is 0. The van der Waals surface area contributed by atoms with E-state index in [2.05, 4.69) is 20.8 Å². The van der Waals surface area contributed by atoms with E-state index in [1.165, 1.54) is 37.7 Å². The number of carbonyl (C=O) groups is 1. The number of phenolic OH excluding ortho intramolecular Hbond substituents is 1. The second-order valence-electron chi connectivity index (χ2n) is 13.1. The molecule has 5 heteroatoms. The van der Waals surface area contributed by atoms with Gasteiger partial charge in [-0.25, -0.2) is 0 Å². The van der Waals surface area contributed by atoms with Gasteiger partial charge in [0, 0.05) is 18.1 Å². The van der Waals surface area contributed by atoms with Gasteiger partial charge in [0.2, 0.25) is 0 Å². The molecule has 4 rings (SSSR count). The van der Waals surface area contributed by atoms with Gasteiger partial charge in [0.05, 0.1) is 12.2 Å². The summed E-state index contributed by atoms with van der Waals surface area (Å²) in [6, 6.07) is 3.74. The Labute approximate surface area is 260 Å². The molecule has 1 aromatic carbocycles. The van der Waals surface area contributed by atoms with Gasteiger partial charge in [0.1, 0.15) is 0 Å². The third-order valence-electron chi connectivity index (χ3n) is 9.18. The lowest BCUT2D eigenvalue weighted by atomic mass is 9.52. The maximum Gasteiger partial charge on any atom is 0.298 e. The number of methoxy groups -OCH3 is 1. The lowest BCUT2D eigenvalue weighted by Crippen LogP contribution is -2.49. The topological polar surface area (TPSA) is 76.0 Å². The molecule has 0 aliphatic heterocycles. The molecule has 5 nitrogen and oxygen atoms in total. The van der Waals surface area contributed by atoms with Gasteiger partial charge in [-0.15, -0.1) is 0 Å². The fraction of sp³-hybridized carbons (Fsp3) is 0.811. The van der Waals surface area contributed by atoms with Crippen LogP contribution in [0.15, 0.2) is 12.1 Å². The number of fused-ring (bicyclic) bond motifs is 3. The Bertz CT molecular complexity index is 854. The average Bonchev–Trinajstić information content (AvgIpc) is 3.80. The molecule has 246 valence electrons. The van der Waals surface area contributed by atoms with Crippen molar-refractivity contribution < 1.29 is 24.5 Å². The molecule has 1 aromatic rings. The molecule has 3 aliphatic carbocycles. The van der Waals surface area contributed by atoms with E-state index in [0.717, 1.165) is 50.0 Å². The highest BCUT2D eigenvalue weighted by Gasteiger charge is 2.51. The largest absolute Gasteiger partial charge is 0.504 e. The minimum absolute atomic E-state index is 0.0556. The van der Waals surface area contributed by atoms with Crippen LogP contribution < -0.4 is 4.74 Å². The molecule has 3 aliphatic rings. The first-order valence-corrected chi connectivity index (χ1v) is 17.1. The molecule has 0 radical (unpaired) electrons. The maximum atomic E-state index is 10.9. The highest BCUT2D eigenvalue weighted by atomic mass is 16.5. The standard InChI is InChI=1S/C20H28O4.C7H14.C6H14O.2C2H6/c1-4-9-20-11-15(23-3)6-7-16(20)13(2)10-14-5-8-17(24-12-21)19(22)18(14)20;1-2-3-4-7-5-6-7;1-5(7)6(2,3)4;2*1-2/h5,8,12-13,15-16,22H,4,6-7,9-11H2,1-3H3;7H,2-6H2,1H3;5,7H,1-4H3;2*1-2H3. The quantitative estimate of drug-likeness (QED) is 0.294. The van der Waals surface area contributed by atoms with Crippen molar-refractivity contribution in [1.82, 2.24) is 0 Å². The highest BCUT2D eigenvalue weighted by molar-refractivity contribution is 5.59. The van der Waals surface area contributed by atoms with E-state index in [4.69, 9.17) is 14.6 Å². The van der Waals surface area contributed by atoms with Gasteiger partial charge in [-0.2, -0.15) is 0 Å². The number of unbranched alkanes of at least 4 members (excludes halogenated alkanes) is 1. The molecule has 0 saturated heterocycles. The highest BCUT2D eigenvalue weighted by Crippen LogP contribution is 2.58. The molecule has 5 atom stereocenters. The van der Waals surface area contributed by atoms with E-state index in [9.17, 15) is 9.90 Å². The molecular weight excluding hydrogens is 524 g/mol. The van der Waals surface area contributed by atoms with Gasteiger partial charge in [0.25, 0.3) is 6.47 Å². The first-order valence-electron chi connectivity index (χ1n) is 17.1. The van der Waals surface area contributed by atoms with Crippen LogP contribution in [-0.2, 0) is 21.4 Å². The van der Waals surface area contributed by atoms with Crippen molar-refractivity contribution >= 4 is 6.47 Å². The number of hydrogen-bond acceptors (Lipinski definition) is 5. The number of aliphatic hydroxyl groups is 1. The van der Waals surface area contributed by atoms with Crippen molar-refractivity contribution in [3.8, 4) is 11.5 Å². The SMILES string of the molecule is CC.CC.CC(O)C(C)(C)C.CCCC12CC(OC)CCC1C(C)Cc1ccc(OC=O)c(O)c12.CCCCC1CC1. The number of carbonyl (C=O) groups excluding carboxylic acids is 1. The second kappa shape index (κ2) is 20.4. The molecule has 0 aromatic heterocycles. The number of phenols is 1. The van der Waals surface area contributed by atoms with E-state index in [-0.39, 0.29) is 34.5 Å². The van der Waals surface area contributed by atoms with E-state index >= 15 is 0 Å². The van der Waals surface area contributed by atoms with Crippen LogP contribution in [0.2, 0.25) is 0 Å². The number of hydrogen-bond donors (Lipinski definition) is 2. The maximum absolute atomic E-state index is 10.9. The van der Waals surface area contributed by atoms with Crippen LogP contribution in [0.5, 0.6) is 11.5 Å². The van der Waals surface area contributed by atoms with E-state index in [1.54, 1.807) is 20.1 Å². The summed E-state index contributed by atoms with van der Waals surface area (Å²) < 4.78 is 10.7. The molecular formula is C37H68O5. The predicted octanol–water partition coefficient (Wildman–Crippen LogP) is 10.0. The van der Waals surface area contributed by atoms with Gasteiger partial charge < -0.3 is 19.7 Å². The lowest BCUT2D eigenvalue weighted by Gasteiger charge is -2.53. The number of ether oxygens (including phenoxy) is 2. The summed E-state index contributed by atoms with van der Waals surface area (Å²) in [5.41, 5.74) is 2.17. The first-order chi connectivity index (χ1) is 19.9. The molecule has 0 spiro atoms. The summed E-state index contributed by atoms with van der Waals surface area (Å²) in [6.45, 7) is 23.0. The molecule has 0 amide bonds. The van der Waals surface area contributed by atoms with Crippen molar-refractivity contribution in [1.29, 1.82) is 0 Å². The Balaban J connectivity index is 0.000000765. The molecule has 5 unspecified atom stereocenters.